The summed E-state index contributed by atoms with van der Waals surface area (Å²) in [6, 6.07) is 10.0. The molecule has 1 saturated heterocycles. The fraction of sp³-hybridized carbons (Fsp3) is 0.476. The number of nitrogens with zero attached hydrogens (tertiary/aromatic N) is 2. The standard InChI is InChI=1S/C21H28FN3O3/c1-3-24(15-17-5-4-6-18(22)13-17)21(26)23-14-19(20-8-7-16(2)28-20)25-9-11-27-12-10-25/h4-8,13,19H,3,9-12,14-15H2,1-2H3,(H,23,26). The smallest absolute Gasteiger partial charge is 0.317 e. The number of halogens is 1. The molecule has 1 N–H and O–H groups in total. The first-order chi connectivity index (χ1) is 13.6. The lowest BCUT2D eigenvalue weighted by Gasteiger charge is -2.34. The monoisotopic (exact) mass is 389 g/mol. The lowest BCUT2D eigenvalue weighted by Crippen LogP contribution is -2.46. The van der Waals surface area contributed by atoms with Crippen LogP contribution in [-0.2, 0) is 11.3 Å². The number of rotatable bonds is 7. The Kier molecular flexibility index (Phi) is 7.06. The molecular formula is C21H28FN3O3. The van der Waals surface area contributed by atoms with E-state index in [1.54, 1.807) is 11.0 Å². The molecule has 0 radical (unpaired) electrons. The molecule has 2 aromatic rings. The van der Waals surface area contributed by atoms with Gasteiger partial charge in [-0.3, -0.25) is 4.90 Å². The van der Waals surface area contributed by atoms with Gasteiger partial charge < -0.3 is 19.4 Å². The Morgan fingerprint density at radius 1 is 1.29 bits per heavy atom. The molecule has 0 aliphatic carbocycles. The Labute approximate surface area is 165 Å². The first-order valence-corrected chi connectivity index (χ1v) is 9.72. The topological polar surface area (TPSA) is 58.0 Å². The van der Waals surface area contributed by atoms with E-state index in [0.717, 1.165) is 30.2 Å². The quantitative estimate of drug-likeness (QED) is 0.789. The van der Waals surface area contributed by atoms with Gasteiger partial charge in [0, 0.05) is 32.7 Å². The van der Waals surface area contributed by atoms with E-state index in [4.69, 9.17) is 9.15 Å². The number of aryl methyl sites for hydroxylation is 1. The molecule has 7 heteroatoms. The van der Waals surface area contributed by atoms with Gasteiger partial charge in [0.15, 0.2) is 0 Å². The molecule has 3 rings (SSSR count). The lowest BCUT2D eigenvalue weighted by atomic mass is 10.1. The fourth-order valence-corrected chi connectivity index (χ4v) is 3.41. The van der Waals surface area contributed by atoms with E-state index in [9.17, 15) is 9.18 Å². The highest BCUT2D eigenvalue weighted by Gasteiger charge is 2.26. The summed E-state index contributed by atoms with van der Waals surface area (Å²) in [6.45, 7) is 8.08. The highest BCUT2D eigenvalue weighted by Crippen LogP contribution is 2.23. The second-order valence-electron chi connectivity index (χ2n) is 6.94. The number of furan rings is 1. The van der Waals surface area contributed by atoms with E-state index in [-0.39, 0.29) is 17.9 Å². The van der Waals surface area contributed by atoms with Crippen LogP contribution in [0.1, 0.15) is 30.0 Å². The molecule has 152 valence electrons. The van der Waals surface area contributed by atoms with Crippen molar-refractivity contribution in [3.63, 3.8) is 0 Å². The molecule has 1 unspecified atom stereocenters. The number of carbonyl (C=O) groups is 1. The number of hydrogen-bond donors (Lipinski definition) is 1. The van der Waals surface area contributed by atoms with Gasteiger partial charge in [0.2, 0.25) is 0 Å². The van der Waals surface area contributed by atoms with Crippen molar-refractivity contribution in [2.24, 2.45) is 0 Å². The maximum Gasteiger partial charge on any atom is 0.317 e. The summed E-state index contributed by atoms with van der Waals surface area (Å²) >= 11 is 0. The molecule has 2 amide bonds. The van der Waals surface area contributed by atoms with E-state index in [1.165, 1.54) is 12.1 Å². The maximum absolute atomic E-state index is 13.4. The van der Waals surface area contributed by atoms with Crippen molar-refractivity contribution in [2.75, 3.05) is 39.4 Å². The van der Waals surface area contributed by atoms with Gasteiger partial charge in [0.25, 0.3) is 0 Å². The summed E-state index contributed by atoms with van der Waals surface area (Å²) in [7, 11) is 0. The summed E-state index contributed by atoms with van der Waals surface area (Å²) in [5.41, 5.74) is 0.767. The van der Waals surface area contributed by atoms with E-state index < -0.39 is 0 Å². The first kappa shape index (κ1) is 20.4. The van der Waals surface area contributed by atoms with E-state index in [0.29, 0.717) is 32.8 Å². The molecule has 28 heavy (non-hydrogen) atoms. The normalized spacial score (nSPS) is 16.0. The maximum atomic E-state index is 13.4. The number of urea groups is 1. The molecule has 1 aliphatic heterocycles. The minimum absolute atomic E-state index is 0.0468. The van der Waals surface area contributed by atoms with Gasteiger partial charge in [-0.15, -0.1) is 0 Å². The van der Waals surface area contributed by atoms with Gasteiger partial charge >= 0.3 is 6.03 Å². The molecule has 0 bridgehead atoms. The van der Waals surface area contributed by atoms with Crippen LogP contribution >= 0.6 is 0 Å². The Morgan fingerprint density at radius 2 is 2.07 bits per heavy atom. The average molecular weight is 389 g/mol. The summed E-state index contributed by atoms with van der Waals surface area (Å²) in [5.74, 6) is 1.39. The van der Waals surface area contributed by atoms with Gasteiger partial charge in [0.1, 0.15) is 17.3 Å². The Balaban J connectivity index is 1.64. The molecule has 1 atom stereocenters. The molecule has 1 aromatic heterocycles. The average Bonchev–Trinajstić information content (AvgIpc) is 3.13. The van der Waals surface area contributed by atoms with Gasteiger partial charge in [-0.05, 0) is 43.7 Å². The SMILES string of the molecule is CCN(Cc1cccc(F)c1)C(=O)NCC(c1ccc(C)o1)N1CCOCC1. The second-order valence-corrected chi connectivity index (χ2v) is 6.94. The van der Waals surface area contributed by atoms with Crippen LogP contribution in [0.3, 0.4) is 0 Å². The van der Waals surface area contributed by atoms with Crippen molar-refractivity contribution in [1.82, 2.24) is 15.1 Å². The van der Waals surface area contributed by atoms with Crippen LogP contribution in [0.25, 0.3) is 0 Å². The van der Waals surface area contributed by atoms with Crippen molar-refractivity contribution < 1.29 is 18.3 Å². The predicted octanol–water partition coefficient (Wildman–Crippen LogP) is 3.33. The first-order valence-electron chi connectivity index (χ1n) is 9.72. The number of ether oxygens (including phenoxy) is 1. The highest BCUT2D eigenvalue weighted by molar-refractivity contribution is 5.74. The fourth-order valence-electron chi connectivity index (χ4n) is 3.41. The van der Waals surface area contributed by atoms with Crippen LogP contribution in [0.4, 0.5) is 9.18 Å². The third-order valence-electron chi connectivity index (χ3n) is 4.95. The van der Waals surface area contributed by atoms with Crippen molar-refractivity contribution in [3.05, 3.63) is 59.3 Å². The third kappa shape index (κ3) is 5.33. The van der Waals surface area contributed by atoms with Crippen LogP contribution in [0.15, 0.2) is 40.8 Å². The molecule has 2 heterocycles. The summed E-state index contributed by atoms with van der Waals surface area (Å²) in [4.78, 5) is 16.7. The number of amides is 2. The van der Waals surface area contributed by atoms with Crippen LogP contribution < -0.4 is 5.32 Å². The second kappa shape index (κ2) is 9.71. The van der Waals surface area contributed by atoms with Gasteiger partial charge in [-0.1, -0.05) is 12.1 Å². The van der Waals surface area contributed by atoms with Gasteiger partial charge in [-0.2, -0.15) is 0 Å². The zero-order valence-corrected chi connectivity index (χ0v) is 16.5. The minimum Gasteiger partial charge on any atom is -0.465 e. The van der Waals surface area contributed by atoms with E-state index in [1.807, 2.05) is 32.0 Å². The van der Waals surface area contributed by atoms with Crippen LogP contribution in [0.5, 0.6) is 0 Å². The Bertz CT molecular complexity index is 774. The summed E-state index contributed by atoms with van der Waals surface area (Å²) < 4.78 is 24.7. The van der Waals surface area contributed by atoms with Gasteiger partial charge in [0.05, 0.1) is 19.3 Å². The molecule has 1 aliphatic rings. The molecule has 1 aromatic carbocycles. The summed E-state index contributed by atoms with van der Waals surface area (Å²) in [5, 5.41) is 3.02. The van der Waals surface area contributed by atoms with Crippen molar-refractivity contribution in [3.8, 4) is 0 Å². The van der Waals surface area contributed by atoms with Crippen molar-refractivity contribution in [1.29, 1.82) is 0 Å². The molecule has 1 fully saturated rings. The molecular weight excluding hydrogens is 361 g/mol. The van der Waals surface area contributed by atoms with Gasteiger partial charge in [-0.25, -0.2) is 9.18 Å². The Morgan fingerprint density at radius 3 is 2.71 bits per heavy atom. The lowest BCUT2D eigenvalue weighted by molar-refractivity contribution is 0.0119. The van der Waals surface area contributed by atoms with Crippen LogP contribution in [0.2, 0.25) is 0 Å². The van der Waals surface area contributed by atoms with Crippen LogP contribution in [0, 0.1) is 12.7 Å². The molecule has 6 nitrogen and oxygen atoms in total. The largest absolute Gasteiger partial charge is 0.465 e. The Hall–Kier alpha value is -2.38. The van der Waals surface area contributed by atoms with Crippen LogP contribution in [-0.4, -0.2) is 55.2 Å². The zero-order chi connectivity index (χ0) is 19.9. The third-order valence-corrected chi connectivity index (χ3v) is 4.95. The number of nitrogens with one attached hydrogen (secondary N) is 1. The predicted molar refractivity (Wildman–Crippen MR) is 104 cm³/mol. The van der Waals surface area contributed by atoms with Crippen molar-refractivity contribution in [2.45, 2.75) is 26.4 Å². The van der Waals surface area contributed by atoms with E-state index >= 15 is 0 Å². The zero-order valence-electron chi connectivity index (χ0n) is 16.5. The number of hydrogen-bond acceptors (Lipinski definition) is 4. The molecule has 0 saturated carbocycles. The highest BCUT2D eigenvalue weighted by atomic mass is 19.1. The minimum atomic E-state index is -0.297. The molecule has 0 spiro atoms. The number of carbonyl (C=O) groups excluding carboxylic acids is 1. The van der Waals surface area contributed by atoms with E-state index in [2.05, 4.69) is 10.2 Å². The number of morpholine rings is 1. The summed E-state index contributed by atoms with van der Waals surface area (Å²) in [6.07, 6.45) is 0. The van der Waals surface area contributed by atoms with Crippen molar-refractivity contribution >= 4 is 6.03 Å². The number of benzene rings is 1.